The number of H-pyrrole nitrogens is 1. The van der Waals surface area contributed by atoms with Gasteiger partial charge < -0.3 is 15.3 Å². The first-order chi connectivity index (χ1) is 13.4. The van der Waals surface area contributed by atoms with Gasteiger partial charge >= 0.3 is 0 Å². The first kappa shape index (κ1) is 18.7. The molecule has 0 aliphatic carbocycles. The van der Waals surface area contributed by atoms with Crippen LogP contribution >= 0.6 is 34.8 Å². The molecule has 1 aromatic carbocycles. The van der Waals surface area contributed by atoms with Crippen molar-refractivity contribution >= 4 is 51.8 Å². The summed E-state index contributed by atoms with van der Waals surface area (Å²) >= 11 is 18.7. The number of nitrogens with two attached hydrogens (primary N) is 1. The van der Waals surface area contributed by atoms with E-state index in [1.807, 2.05) is 31.2 Å². The molecule has 0 saturated heterocycles. The van der Waals surface area contributed by atoms with Crippen molar-refractivity contribution in [3.8, 4) is 11.4 Å². The number of halogens is 3. The van der Waals surface area contributed by atoms with Gasteiger partial charge in [0.1, 0.15) is 27.3 Å². The Morgan fingerprint density at radius 2 is 1.89 bits per heavy atom. The maximum absolute atomic E-state index is 8.12. The number of rotatable bonds is 3. The van der Waals surface area contributed by atoms with Gasteiger partial charge in [-0.2, -0.15) is 0 Å². The van der Waals surface area contributed by atoms with Crippen molar-refractivity contribution in [3.05, 3.63) is 62.4 Å². The van der Waals surface area contributed by atoms with E-state index in [1.165, 1.54) is 6.33 Å². The van der Waals surface area contributed by atoms with Crippen molar-refractivity contribution in [2.45, 2.75) is 13.5 Å². The van der Waals surface area contributed by atoms with Gasteiger partial charge in [0, 0.05) is 11.1 Å². The van der Waals surface area contributed by atoms with Crippen LogP contribution in [0.25, 0.3) is 22.6 Å². The van der Waals surface area contributed by atoms with Crippen LogP contribution in [0, 0.1) is 12.3 Å². The SMILES string of the molecule is Cc1ccccc1-c1nc2c([nH]1)c(=N)ncn2Cc1c(Cl)nc(N)c(Cl)c1Cl. The predicted molar refractivity (Wildman–Crippen MR) is 111 cm³/mol. The molecule has 4 N–H and O–H groups in total. The van der Waals surface area contributed by atoms with Crippen molar-refractivity contribution in [2.75, 3.05) is 5.73 Å². The molecular weight excluding hydrogens is 421 g/mol. The summed E-state index contributed by atoms with van der Waals surface area (Å²) < 4.78 is 1.73. The lowest BCUT2D eigenvalue weighted by atomic mass is 10.1. The van der Waals surface area contributed by atoms with E-state index in [0.717, 1.165) is 11.1 Å². The number of nitrogen functional groups attached to an aromatic ring is 1. The van der Waals surface area contributed by atoms with E-state index in [4.69, 9.17) is 45.9 Å². The Kier molecular flexibility index (Phi) is 4.74. The number of fused-ring (bicyclic) bond motifs is 1. The molecule has 0 spiro atoms. The second kappa shape index (κ2) is 7.09. The molecule has 7 nitrogen and oxygen atoms in total. The lowest BCUT2D eigenvalue weighted by molar-refractivity contribution is 0.781. The van der Waals surface area contributed by atoms with Gasteiger partial charge in [-0.3, -0.25) is 5.41 Å². The average molecular weight is 435 g/mol. The summed E-state index contributed by atoms with van der Waals surface area (Å²) in [5.74, 6) is 0.714. The van der Waals surface area contributed by atoms with Crippen molar-refractivity contribution in [3.63, 3.8) is 0 Å². The van der Waals surface area contributed by atoms with Gasteiger partial charge in [0.2, 0.25) is 0 Å². The quantitative estimate of drug-likeness (QED) is 0.420. The van der Waals surface area contributed by atoms with Crippen LogP contribution in [0.2, 0.25) is 15.2 Å². The van der Waals surface area contributed by atoms with Gasteiger partial charge in [-0.1, -0.05) is 59.1 Å². The molecular formula is C18H14Cl3N7. The summed E-state index contributed by atoms with van der Waals surface area (Å²) in [6, 6.07) is 7.86. The first-order valence-corrected chi connectivity index (χ1v) is 9.34. The molecule has 142 valence electrons. The van der Waals surface area contributed by atoms with Crippen molar-refractivity contribution < 1.29 is 0 Å². The Morgan fingerprint density at radius 1 is 1.14 bits per heavy atom. The Hall–Kier alpha value is -2.61. The summed E-state index contributed by atoms with van der Waals surface area (Å²) in [5, 5.41) is 8.64. The summed E-state index contributed by atoms with van der Waals surface area (Å²) in [7, 11) is 0. The molecule has 0 atom stereocenters. The van der Waals surface area contributed by atoms with E-state index in [-0.39, 0.29) is 33.0 Å². The Bertz CT molecular complexity index is 1280. The normalized spacial score (nSPS) is 11.3. The maximum atomic E-state index is 8.12. The minimum Gasteiger partial charge on any atom is -0.382 e. The number of aromatic nitrogens is 5. The molecule has 10 heteroatoms. The predicted octanol–water partition coefficient (Wildman–Crippen LogP) is 4.20. The van der Waals surface area contributed by atoms with Crippen molar-refractivity contribution in [2.24, 2.45) is 0 Å². The zero-order valence-corrected chi connectivity index (χ0v) is 16.9. The highest BCUT2D eigenvalue weighted by atomic mass is 35.5. The van der Waals surface area contributed by atoms with Crippen LogP contribution in [0.15, 0.2) is 30.6 Å². The van der Waals surface area contributed by atoms with Gasteiger partial charge in [-0.25, -0.2) is 15.0 Å². The van der Waals surface area contributed by atoms with E-state index < -0.39 is 0 Å². The van der Waals surface area contributed by atoms with Gasteiger partial charge in [0.05, 0.1) is 17.9 Å². The first-order valence-electron chi connectivity index (χ1n) is 8.21. The largest absolute Gasteiger partial charge is 0.382 e. The van der Waals surface area contributed by atoms with Gasteiger partial charge in [0.25, 0.3) is 0 Å². The fourth-order valence-electron chi connectivity index (χ4n) is 2.93. The van der Waals surface area contributed by atoms with E-state index >= 15 is 0 Å². The fraction of sp³-hybridized carbons (Fsp3) is 0.111. The number of nitrogens with one attached hydrogen (secondary N) is 2. The average Bonchev–Trinajstić information content (AvgIpc) is 3.12. The maximum Gasteiger partial charge on any atom is 0.173 e. The number of nitrogens with zero attached hydrogens (tertiary/aromatic N) is 4. The van der Waals surface area contributed by atoms with E-state index in [2.05, 4.69) is 19.9 Å². The molecule has 0 unspecified atom stereocenters. The lowest BCUT2D eigenvalue weighted by Crippen LogP contribution is -2.14. The highest BCUT2D eigenvalue weighted by Crippen LogP contribution is 2.34. The summed E-state index contributed by atoms with van der Waals surface area (Å²) in [5.41, 5.74) is 9.33. The molecule has 0 saturated carbocycles. The molecule has 0 fully saturated rings. The second-order valence-corrected chi connectivity index (χ2v) is 7.33. The van der Waals surface area contributed by atoms with Gasteiger partial charge in [0.15, 0.2) is 11.1 Å². The third-order valence-electron chi connectivity index (χ3n) is 4.40. The summed E-state index contributed by atoms with van der Waals surface area (Å²) in [6.45, 7) is 2.21. The molecule has 3 aromatic heterocycles. The smallest absolute Gasteiger partial charge is 0.173 e. The number of aryl methyl sites for hydroxylation is 1. The monoisotopic (exact) mass is 433 g/mol. The van der Waals surface area contributed by atoms with E-state index in [0.29, 0.717) is 22.6 Å². The Balaban J connectivity index is 1.88. The van der Waals surface area contributed by atoms with Crippen molar-refractivity contribution in [1.29, 1.82) is 5.41 Å². The molecule has 0 bridgehead atoms. The molecule has 0 amide bonds. The third kappa shape index (κ3) is 3.11. The molecule has 4 aromatic rings. The topological polar surface area (TPSA) is 109 Å². The number of hydrogen-bond acceptors (Lipinski definition) is 5. The molecule has 4 rings (SSSR count). The molecule has 0 aliphatic heterocycles. The van der Waals surface area contributed by atoms with Crippen LogP contribution in [0.5, 0.6) is 0 Å². The summed E-state index contributed by atoms with van der Waals surface area (Å²) in [6.07, 6.45) is 1.50. The Morgan fingerprint density at radius 3 is 2.64 bits per heavy atom. The van der Waals surface area contributed by atoms with Crippen LogP contribution < -0.4 is 11.2 Å². The number of anilines is 1. The number of pyridine rings is 1. The highest BCUT2D eigenvalue weighted by Gasteiger charge is 2.18. The van der Waals surface area contributed by atoms with Crippen LogP contribution in [0.4, 0.5) is 5.82 Å². The van der Waals surface area contributed by atoms with Crippen LogP contribution in [-0.4, -0.2) is 24.5 Å². The number of aromatic amines is 1. The van der Waals surface area contributed by atoms with E-state index in [9.17, 15) is 0 Å². The summed E-state index contributed by atoms with van der Waals surface area (Å²) in [4.78, 5) is 16.0. The molecule has 3 heterocycles. The number of hydrogen-bond donors (Lipinski definition) is 3. The van der Waals surface area contributed by atoms with Crippen molar-refractivity contribution in [1.82, 2.24) is 24.5 Å². The van der Waals surface area contributed by atoms with Crippen LogP contribution in [-0.2, 0) is 6.54 Å². The molecule has 28 heavy (non-hydrogen) atoms. The standard InChI is InChI=1S/C18H14Cl3N7/c1-8-4-2-3-5-9(8)17-25-13-16(23)24-7-28(18(13)27-17)6-10-11(19)12(20)15(22)26-14(10)21/h2-5,7,23H,6H2,1H3,(H2,22,26)(H,25,27). The second-order valence-electron chi connectivity index (χ2n) is 6.21. The minimum atomic E-state index is 0.0665. The van der Waals surface area contributed by atoms with Crippen LogP contribution in [0.3, 0.4) is 0 Å². The van der Waals surface area contributed by atoms with Gasteiger partial charge in [-0.05, 0) is 12.5 Å². The van der Waals surface area contributed by atoms with Crippen LogP contribution in [0.1, 0.15) is 11.1 Å². The molecule has 0 aliphatic rings. The number of benzene rings is 1. The number of imidazole rings is 1. The zero-order chi connectivity index (χ0) is 20.0. The third-order valence-corrected chi connectivity index (χ3v) is 5.61. The van der Waals surface area contributed by atoms with Gasteiger partial charge in [-0.15, -0.1) is 0 Å². The van der Waals surface area contributed by atoms with E-state index in [1.54, 1.807) is 4.57 Å². The Labute approximate surface area is 174 Å². The lowest BCUT2D eigenvalue weighted by Gasteiger charge is -2.12. The zero-order valence-electron chi connectivity index (χ0n) is 14.6. The molecule has 0 radical (unpaired) electrons. The fourth-order valence-corrected chi connectivity index (χ4v) is 3.62. The minimum absolute atomic E-state index is 0.0665. The highest BCUT2D eigenvalue weighted by molar-refractivity contribution is 6.45.